The summed E-state index contributed by atoms with van der Waals surface area (Å²) in [5.74, 6) is -0.190. The molecule has 5 nitrogen and oxygen atoms in total. The normalized spacial score (nSPS) is 10.1. The summed E-state index contributed by atoms with van der Waals surface area (Å²) in [6.07, 6.45) is 2.38. The highest BCUT2D eigenvalue weighted by molar-refractivity contribution is 9.10. The second-order valence-corrected chi connectivity index (χ2v) is 4.43. The smallest absolute Gasteiger partial charge is 0.365 e. The van der Waals surface area contributed by atoms with Crippen LogP contribution in [0, 0.1) is 0 Å². The average Bonchev–Trinajstić information content (AvgIpc) is 2.69. The van der Waals surface area contributed by atoms with Gasteiger partial charge in [-0.2, -0.15) is 5.10 Å². The zero-order chi connectivity index (χ0) is 13.1. The number of rotatable bonds is 3. The van der Waals surface area contributed by atoms with Gasteiger partial charge in [-0.25, -0.2) is 4.79 Å². The van der Waals surface area contributed by atoms with E-state index in [1.54, 1.807) is 37.5 Å². The molecule has 0 spiro atoms. The highest BCUT2D eigenvalue weighted by Gasteiger charge is 2.16. The number of hydrogen-bond acceptors (Lipinski definition) is 4. The molecule has 0 saturated carbocycles. The van der Waals surface area contributed by atoms with Crippen LogP contribution in [-0.4, -0.2) is 22.0 Å². The van der Waals surface area contributed by atoms with Gasteiger partial charge >= 0.3 is 5.97 Å². The molecule has 0 atom stereocenters. The number of aryl methyl sites for hydroxylation is 1. The van der Waals surface area contributed by atoms with Crippen LogP contribution in [-0.2, 0) is 7.05 Å². The van der Waals surface area contributed by atoms with Crippen LogP contribution in [0.15, 0.2) is 34.9 Å². The number of carbonyl (C=O) groups is 2. The zero-order valence-corrected chi connectivity index (χ0v) is 11.0. The molecule has 1 aromatic carbocycles. The Bertz CT molecular complexity index is 590. The van der Waals surface area contributed by atoms with Crippen LogP contribution in [0.5, 0.6) is 5.75 Å². The Morgan fingerprint density at radius 2 is 2.06 bits per heavy atom. The predicted molar refractivity (Wildman–Crippen MR) is 67.7 cm³/mol. The van der Waals surface area contributed by atoms with Crippen molar-refractivity contribution in [2.75, 3.05) is 0 Å². The Morgan fingerprint density at radius 1 is 1.39 bits per heavy atom. The summed E-state index contributed by atoms with van der Waals surface area (Å²) in [5, 5.41) is 3.98. The molecule has 0 aliphatic rings. The molecule has 0 amide bonds. The van der Waals surface area contributed by atoms with Crippen LogP contribution in [0.1, 0.15) is 20.8 Å². The lowest BCUT2D eigenvalue weighted by atomic mass is 10.2. The van der Waals surface area contributed by atoms with Crippen molar-refractivity contribution in [3.05, 3.63) is 46.2 Å². The fourth-order valence-electron chi connectivity index (χ4n) is 1.37. The molecule has 2 rings (SSSR count). The van der Waals surface area contributed by atoms with Crippen molar-refractivity contribution in [3.63, 3.8) is 0 Å². The molecule has 0 fully saturated rings. The van der Waals surface area contributed by atoms with Gasteiger partial charge in [-0.3, -0.25) is 9.48 Å². The maximum Gasteiger partial charge on any atom is 0.365 e. The third-order valence-corrected chi connectivity index (χ3v) is 2.78. The number of hydrogen-bond donors (Lipinski definition) is 0. The quantitative estimate of drug-likeness (QED) is 0.495. The van der Waals surface area contributed by atoms with E-state index in [1.807, 2.05) is 0 Å². The Balaban J connectivity index is 2.15. The summed E-state index contributed by atoms with van der Waals surface area (Å²) in [7, 11) is 1.71. The molecule has 1 heterocycles. The van der Waals surface area contributed by atoms with Gasteiger partial charge in [0, 0.05) is 18.8 Å². The van der Waals surface area contributed by atoms with Crippen LogP contribution in [0.3, 0.4) is 0 Å². The van der Waals surface area contributed by atoms with E-state index in [1.165, 1.54) is 4.68 Å². The zero-order valence-electron chi connectivity index (χ0n) is 9.46. The molecule has 0 unspecified atom stereocenters. The van der Waals surface area contributed by atoms with E-state index in [9.17, 15) is 9.59 Å². The van der Waals surface area contributed by atoms with Crippen LogP contribution in [0.25, 0.3) is 0 Å². The molecular weight excluding hydrogens is 300 g/mol. The first-order chi connectivity index (χ1) is 8.60. The molecular formula is C12H9BrN2O3. The standard InChI is InChI=1S/C12H9BrN2O3/c1-15-6-10(13)11(14-15)12(17)18-9-4-2-8(7-16)3-5-9/h2-7H,1H3. The lowest BCUT2D eigenvalue weighted by Crippen LogP contribution is -2.10. The van der Waals surface area contributed by atoms with Crippen LogP contribution < -0.4 is 4.74 Å². The number of esters is 1. The summed E-state index contributed by atoms with van der Waals surface area (Å²) >= 11 is 3.22. The van der Waals surface area contributed by atoms with Crippen molar-refractivity contribution in [3.8, 4) is 5.75 Å². The van der Waals surface area contributed by atoms with E-state index in [0.29, 0.717) is 15.8 Å². The summed E-state index contributed by atoms with van der Waals surface area (Å²) < 4.78 is 7.21. The first-order valence-corrected chi connectivity index (χ1v) is 5.86. The minimum Gasteiger partial charge on any atom is -0.422 e. The summed E-state index contributed by atoms with van der Waals surface area (Å²) in [5.41, 5.74) is 0.728. The minimum absolute atomic E-state index is 0.206. The highest BCUT2D eigenvalue weighted by atomic mass is 79.9. The number of halogens is 1. The molecule has 2 aromatic rings. The van der Waals surface area contributed by atoms with Gasteiger partial charge in [-0.05, 0) is 40.2 Å². The van der Waals surface area contributed by atoms with E-state index in [0.717, 1.165) is 6.29 Å². The van der Waals surface area contributed by atoms with Crippen molar-refractivity contribution in [1.29, 1.82) is 0 Å². The SMILES string of the molecule is Cn1cc(Br)c(C(=O)Oc2ccc(C=O)cc2)n1. The Kier molecular flexibility index (Phi) is 3.57. The monoisotopic (exact) mass is 308 g/mol. The summed E-state index contributed by atoms with van der Waals surface area (Å²) in [6.45, 7) is 0. The molecule has 0 aliphatic heterocycles. The number of ether oxygens (including phenoxy) is 1. The maximum atomic E-state index is 11.8. The Morgan fingerprint density at radius 3 is 2.56 bits per heavy atom. The maximum absolute atomic E-state index is 11.8. The third-order valence-electron chi connectivity index (χ3n) is 2.20. The number of benzene rings is 1. The fraction of sp³-hybridized carbons (Fsp3) is 0.0833. The molecule has 0 bridgehead atoms. The van der Waals surface area contributed by atoms with Gasteiger partial charge in [-0.1, -0.05) is 0 Å². The van der Waals surface area contributed by atoms with Gasteiger partial charge < -0.3 is 4.74 Å². The Hall–Kier alpha value is -1.95. The van der Waals surface area contributed by atoms with Gasteiger partial charge in [0.05, 0.1) is 4.47 Å². The second kappa shape index (κ2) is 5.14. The molecule has 18 heavy (non-hydrogen) atoms. The van der Waals surface area contributed by atoms with Gasteiger partial charge in [-0.15, -0.1) is 0 Å². The van der Waals surface area contributed by atoms with E-state index in [-0.39, 0.29) is 5.69 Å². The Labute approximate surface area is 111 Å². The lowest BCUT2D eigenvalue weighted by Gasteiger charge is -2.02. The van der Waals surface area contributed by atoms with Crippen molar-refractivity contribution >= 4 is 28.2 Å². The molecule has 0 saturated heterocycles. The highest BCUT2D eigenvalue weighted by Crippen LogP contribution is 2.18. The lowest BCUT2D eigenvalue weighted by molar-refractivity contribution is 0.0727. The summed E-state index contributed by atoms with van der Waals surface area (Å²) in [6, 6.07) is 6.25. The van der Waals surface area contributed by atoms with Crippen molar-refractivity contribution < 1.29 is 14.3 Å². The van der Waals surface area contributed by atoms with Gasteiger partial charge in [0.15, 0.2) is 5.69 Å². The summed E-state index contributed by atoms with van der Waals surface area (Å²) in [4.78, 5) is 22.3. The van der Waals surface area contributed by atoms with E-state index in [4.69, 9.17) is 4.74 Å². The minimum atomic E-state index is -0.554. The molecule has 6 heteroatoms. The van der Waals surface area contributed by atoms with Crippen LogP contribution in [0.2, 0.25) is 0 Å². The number of aromatic nitrogens is 2. The van der Waals surface area contributed by atoms with E-state index in [2.05, 4.69) is 21.0 Å². The second-order valence-electron chi connectivity index (χ2n) is 3.58. The molecule has 0 N–H and O–H groups in total. The van der Waals surface area contributed by atoms with Crippen molar-refractivity contribution in [2.24, 2.45) is 7.05 Å². The molecule has 92 valence electrons. The van der Waals surface area contributed by atoms with E-state index < -0.39 is 5.97 Å². The number of aldehydes is 1. The fourth-order valence-corrected chi connectivity index (χ4v) is 1.91. The van der Waals surface area contributed by atoms with Gasteiger partial charge in [0.25, 0.3) is 0 Å². The van der Waals surface area contributed by atoms with Gasteiger partial charge in [0.1, 0.15) is 12.0 Å². The number of nitrogens with zero attached hydrogens (tertiary/aromatic N) is 2. The first-order valence-electron chi connectivity index (χ1n) is 5.06. The largest absolute Gasteiger partial charge is 0.422 e. The van der Waals surface area contributed by atoms with Crippen molar-refractivity contribution in [2.45, 2.75) is 0 Å². The number of carbonyl (C=O) groups excluding carboxylic acids is 2. The van der Waals surface area contributed by atoms with Crippen LogP contribution >= 0.6 is 15.9 Å². The molecule has 1 aromatic heterocycles. The molecule has 0 radical (unpaired) electrons. The third kappa shape index (κ3) is 2.65. The average molecular weight is 309 g/mol. The first kappa shape index (κ1) is 12.5. The van der Waals surface area contributed by atoms with Crippen LogP contribution in [0.4, 0.5) is 0 Å². The van der Waals surface area contributed by atoms with E-state index >= 15 is 0 Å². The van der Waals surface area contributed by atoms with Crippen molar-refractivity contribution in [1.82, 2.24) is 9.78 Å². The van der Waals surface area contributed by atoms with Gasteiger partial charge in [0.2, 0.25) is 0 Å². The topological polar surface area (TPSA) is 61.2 Å². The molecule has 0 aliphatic carbocycles. The predicted octanol–water partition coefficient (Wildman–Crippen LogP) is 2.21.